The Labute approximate surface area is 168 Å². The maximum Gasteiger partial charge on any atom is 0.308 e. The van der Waals surface area contributed by atoms with Gasteiger partial charge >= 0.3 is 5.97 Å². The van der Waals surface area contributed by atoms with E-state index < -0.39 is 5.97 Å². The molecule has 1 aliphatic rings. The Kier molecular flexibility index (Phi) is 6.59. The van der Waals surface area contributed by atoms with Crippen LogP contribution in [0.15, 0.2) is 48.5 Å². The number of rotatable bonds is 4. The van der Waals surface area contributed by atoms with Gasteiger partial charge in [0.2, 0.25) is 5.91 Å². The van der Waals surface area contributed by atoms with Gasteiger partial charge in [-0.05, 0) is 36.2 Å². The van der Waals surface area contributed by atoms with Gasteiger partial charge in [0.25, 0.3) is 5.91 Å². The Morgan fingerprint density at radius 1 is 0.966 bits per heavy atom. The van der Waals surface area contributed by atoms with Gasteiger partial charge in [-0.3, -0.25) is 14.4 Å². The van der Waals surface area contributed by atoms with Crippen molar-refractivity contribution in [3.63, 3.8) is 0 Å². The van der Waals surface area contributed by atoms with Crippen LogP contribution >= 0.6 is 0 Å². The first kappa shape index (κ1) is 20.5. The maximum absolute atomic E-state index is 13.8. The van der Waals surface area contributed by atoms with Crippen LogP contribution in [0, 0.1) is 5.82 Å². The fourth-order valence-electron chi connectivity index (χ4n) is 3.33. The molecule has 2 amide bonds. The van der Waals surface area contributed by atoms with E-state index in [0.717, 1.165) is 0 Å². The molecule has 0 bridgehead atoms. The monoisotopic (exact) mass is 398 g/mol. The van der Waals surface area contributed by atoms with Crippen LogP contribution in [0.5, 0.6) is 5.75 Å². The first-order valence-electron chi connectivity index (χ1n) is 9.53. The molecule has 0 spiro atoms. The van der Waals surface area contributed by atoms with Gasteiger partial charge in [0, 0.05) is 38.7 Å². The largest absolute Gasteiger partial charge is 0.427 e. The lowest BCUT2D eigenvalue weighted by molar-refractivity contribution is -0.132. The minimum atomic E-state index is -0.451. The van der Waals surface area contributed by atoms with E-state index in [2.05, 4.69) is 0 Å². The van der Waals surface area contributed by atoms with Gasteiger partial charge in [-0.1, -0.05) is 24.3 Å². The van der Waals surface area contributed by atoms with Gasteiger partial charge in [-0.2, -0.15) is 0 Å². The van der Waals surface area contributed by atoms with Crippen molar-refractivity contribution in [2.45, 2.75) is 19.8 Å². The molecule has 3 rings (SSSR count). The Morgan fingerprint density at radius 3 is 2.45 bits per heavy atom. The molecule has 1 saturated heterocycles. The molecule has 29 heavy (non-hydrogen) atoms. The summed E-state index contributed by atoms with van der Waals surface area (Å²) in [5.41, 5.74) is 0.798. The van der Waals surface area contributed by atoms with E-state index in [1.54, 1.807) is 46.2 Å². The average molecular weight is 398 g/mol. The molecule has 1 aliphatic heterocycles. The summed E-state index contributed by atoms with van der Waals surface area (Å²) in [6.45, 7) is 3.11. The molecule has 0 aliphatic carbocycles. The number of hydrogen-bond donors (Lipinski definition) is 0. The third-order valence-electron chi connectivity index (χ3n) is 4.78. The number of hydrogen-bond acceptors (Lipinski definition) is 4. The van der Waals surface area contributed by atoms with E-state index in [1.165, 1.54) is 19.1 Å². The molecule has 1 heterocycles. The van der Waals surface area contributed by atoms with E-state index in [0.29, 0.717) is 49.5 Å². The summed E-state index contributed by atoms with van der Waals surface area (Å²) in [6, 6.07) is 12.7. The fourth-order valence-corrected chi connectivity index (χ4v) is 3.33. The lowest BCUT2D eigenvalue weighted by Gasteiger charge is -2.22. The summed E-state index contributed by atoms with van der Waals surface area (Å²) in [6.07, 6.45) is 0.642. The van der Waals surface area contributed by atoms with Crippen molar-refractivity contribution < 1.29 is 23.5 Å². The fraction of sp³-hybridized carbons (Fsp3) is 0.318. The van der Waals surface area contributed by atoms with Crippen LogP contribution in [0.1, 0.15) is 29.3 Å². The number of ether oxygens (including phenoxy) is 1. The lowest BCUT2D eigenvalue weighted by atomic mass is 10.1. The predicted molar refractivity (Wildman–Crippen MR) is 105 cm³/mol. The molecule has 0 N–H and O–H groups in total. The third kappa shape index (κ3) is 5.40. The SMILES string of the molecule is CC(=O)Oc1cccc(C(=O)N2CCCN(C(=O)Cc3ccccc3F)CC2)c1. The van der Waals surface area contributed by atoms with Crippen LogP contribution in [-0.2, 0) is 16.0 Å². The first-order chi connectivity index (χ1) is 13.9. The highest BCUT2D eigenvalue weighted by molar-refractivity contribution is 5.94. The highest BCUT2D eigenvalue weighted by Crippen LogP contribution is 2.17. The molecular formula is C22H23FN2O4. The molecule has 0 unspecified atom stereocenters. The van der Waals surface area contributed by atoms with Crippen molar-refractivity contribution in [2.24, 2.45) is 0 Å². The van der Waals surface area contributed by atoms with E-state index in [4.69, 9.17) is 4.74 Å². The summed E-state index contributed by atoms with van der Waals surface area (Å²) in [5.74, 6) is -0.850. The molecule has 6 nitrogen and oxygen atoms in total. The standard InChI is InChI=1S/C22H23FN2O4/c1-16(26)29-19-8-4-7-18(14-19)22(28)25-11-5-10-24(12-13-25)21(27)15-17-6-2-3-9-20(17)23/h2-4,6-9,14H,5,10-13,15H2,1H3. The van der Waals surface area contributed by atoms with Crippen LogP contribution in [0.4, 0.5) is 4.39 Å². The molecule has 1 fully saturated rings. The van der Waals surface area contributed by atoms with Crippen LogP contribution in [0.25, 0.3) is 0 Å². The summed E-state index contributed by atoms with van der Waals surface area (Å²) in [5, 5.41) is 0. The van der Waals surface area contributed by atoms with E-state index in [-0.39, 0.29) is 24.1 Å². The van der Waals surface area contributed by atoms with Crippen molar-refractivity contribution in [3.05, 3.63) is 65.5 Å². The number of esters is 1. The summed E-state index contributed by atoms with van der Waals surface area (Å²) in [4.78, 5) is 39.9. The zero-order chi connectivity index (χ0) is 20.8. The number of benzene rings is 2. The second-order valence-electron chi connectivity index (χ2n) is 6.92. The summed E-state index contributed by atoms with van der Waals surface area (Å²) < 4.78 is 18.8. The number of amides is 2. The van der Waals surface area contributed by atoms with E-state index >= 15 is 0 Å². The Balaban J connectivity index is 1.62. The Morgan fingerprint density at radius 2 is 1.69 bits per heavy atom. The number of carbonyl (C=O) groups excluding carboxylic acids is 3. The van der Waals surface area contributed by atoms with Crippen LogP contribution < -0.4 is 4.74 Å². The smallest absolute Gasteiger partial charge is 0.308 e. The molecule has 7 heteroatoms. The van der Waals surface area contributed by atoms with Crippen LogP contribution in [0.2, 0.25) is 0 Å². The molecule has 0 radical (unpaired) electrons. The van der Waals surface area contributed by atoms with Crippen LogP contribution in [0.3, 0.4) is 0 Å². The predicted octanol–water partition coefficient (Wildman–Crippen LogP) is 2.67. The molecule has 0 aromatic heterocycles. The van der Waals surface area contributed by atoms with E-state index in [1.807, 2.05) is 0 Å². The quantitative estimate of drug-likeness (QED) is 0.587. The average Bonchev–Trinajstić information content (AvgIpc) is 2.95. The molecule has 2 aromatic rings. The zero-order valence-corrected chi connectivity index (χ0v) is 16.3. The zero-order valence-electron chi connectivity index (χ0n) is 16.3. The van der Waals surface area contributed by atoms with Crippen LogP contribution in [-0.4, -0.2) is 53.8 Å². The maximum atomic E-state index is 13.8. The molecule has 152 valence electrons. The normalized spacial score (nSPS) is 14.3. The summed E-state index contributed by atoms with van der Waals surface area (Å²) >= 11 is 0. The molecule has 0 saturated carbocycles. The third-order valence-corrected chi connectivity index (χ3v) is 4.78. The number of carbonyl (C=O) groups is 3. The van der Waals surface area contributed by atoms with Gasteiger partial charge < -0.3 is 14.5 Å². The number of nitrogens with zero attached hydrogens (tertiary/aromatic N) is 2. The van der Waals surface area contributed by atoms with Gasteiger partial charge in [-0.25, -0.2) is 4.39 Å². The molecule has 0 atom stereocenters. The molecular weight excluding hydrogens is 375 g/mol. The highest BCUT2D eigenvalue weighted by atomic mass is 19.1. The minimum Gasteiger partial charge on any atom is -0.427 e. The Hall–Kier alpha value is -3.22. The van der Waals surface area contributed by atoms with Gasteiger partial charge in [0.15, 0.2) is 0 Å². The van der Waals surface area contributed by atoms with Crippen molar-refractivity contribution in [1.29, 1.82) is 0 Å². The van der Waals surface area contributed by atoms with Gasteiger partial charge in [0.05, 0.1) is 6.42 Å². The van der Waals surface area contributed by atoms with Gasteiger partial charge in [-0.15, -0.1) is 0 Å². The second kappa shape index (κ2) is 9.32. The second-order valence-corrected chi connectivity index (χ2v) is 6.92. The van der Waals surface area contributed by atoms with E-state index in [9.17, 15) is 18.8 Å². The number of halogens is 1. The lowest BCUT2D eigenvalue weighted by Crippen LogP contribution is -2.38. The molecule has 2 aromatic carbocycles. The van der Waals surface area contributed by atoms with Crippen molar-refractivity contribution >= 4 is 17.8 Å². The van der Waals surface area contributed by atoms with Crippen molar-refractivity contribution in [2.75, 3.05) is 26.2 Å². The Bertz CT molecular complexity index is 915. The highest BCUT2D eigenvalue weighted by Gasteiger charge is 2.23. The van der Waals surface area contributed by atoms with Crippen molar-refractivity contribution in [1.82, 2.24) is 9.80 Å². The van der Waals surface area contributed by atoms with Gasteiger partial charge in [0.1, 0.15) is 11.6 Å². The van der Waals surface area contributed by atoms with Crippen molar-refractivity contribution in [3.8, 4) is 5.75 Å². The minimum absolute atomic E-state index is 0.00501. The topological polar surface area (TPSA) is 66.9 Å². The first-order valence-corrected chi connectivity index (χ1v) is 9.53. The summed E-state index contributed by atoms with van der Waals surface area (Å²) in [7, 11) is 0.